The standard InChI is InChI=1S/C39H51ClN2O14/c1-11-50-27-15-12-25(13-16-27)32(42-38(48)41-31(37(47)49-10)20(2)56-39(7,8)9)28-18-26(14-17-29(28)40)33-35(53-23(5)45)36(54-24(6)46)34(52-22(4)44)30(55-33)19-51-21(3)43/h12-18,20,30-36H,11,19H2,1-10H3,(H2,41,42,48)/t20-,30-,31+,32?,33-,34-,35+,36+/m1/s1. The first-order valence-corrected chi connectivity index (χ1v) is 18.3. The molecule has 0 bridgehead atoms. The number of methoxy groups -OCH3 is 1. The highest BCUT2D eigenvalue weighted by molar-refractivity contribution is 6.31. The highest BCUT2D eigenvalue weighted by atomic mass is 35.5. The van der Waals surface area contributed by atoms with Crippen molar-refractivity contribution in [2.24, 2.45) is 0 Å². The van der Waals surface area contributed by atoms with E-state index in [0.717, 1.165) is 20.8 Å². The average Bonchev–Trinajstić information content (AvgIpc) is 3.09. The summed E-state index contributed by atoms with van der Waals surface area (Å²) in [5.41, 5.74) is 0.528. The Kier molecular flexibility index (Phi) is 16.5. The SMILES string of the molecule is CCOc1ccc(C(NC(=O)N[C@H](C(=O)OC)[C@@H](C)OC(C)(C)C)c2cc([C@H]3O[C@H](COC(C)=O)[C@@H](OC(C)=O)[C@H](OC(C)=O)[C@H]3OC(C)=O)ccc2Cl)cc1. The van der Waals surface area contributed by atoms with E-state index in [0.29, 0.717) is 29.0 Å². The number of nitrogens with one attached hydrogen (secondary N) is 2. The van der Waals surface area contributed by atoms with Crippen LogP contribution in [0.3, 0.4) is 0 Å². The summed E-state index contributed by atoms with van der Waals surface area (Å²) in [6.45, 7) is 13.4. The van der Waals surface area contributed by atoms with E-state index in [-0.39, 0.29) is 5.02 Å². The van der Waals surface area contributed by atoms with Crippen LogP contribution in [0.1, 0.15) is 91.1 Å². The number of carbonyl (C=O) groups is 6. The van der Waals surface area contributed by atoms with E-state index >= 15 is 0 Å². The predicted molar refractivity (Wildman–Crippen MR) is 200 cm³/mol. The molecule has 1 saturated heterocycles. The van der Waals surface area contributed by atoms with Crippen molar-refractivity contribution >= 4 is 47.5 Å². The molecule has 2 N–H and O–H groups in total. The maximum atomic E-state index is 13.8. The summed E-state index contributed by atoms with van der Waals surface area (Å²) in [4.78, 5) is 75.7. The molecule has 56 heavy (non-hydrogen) atoms. The first-order valence-electron chi connectivity index (χ1n) is 17.9. The van der Waals surface area contributed by atoms with Crippen molar-refractivity contribution in [2.75, 3.05) is 20.3 Å². The van der Waals surface area contributed by atoms with Crippen LogP contribution >= 0.6 is 11.6 Å². The van der Waals surface area contributed by atoms with Crippen LogP contribution in [0.15, 0.2) is 42.5 Å². The molecule has 17 heteroatoms. The minimum absolute atomic E-state index is 0.188. The third-order valence-electron chi connectivity index (χ3n) is 8.20. The van der Waals surface area contributed by atoms with Crippen LogP contribution in [0, 0.1) is 0 Å². The summed E-state index contributed by atoms with van der Waals surface area (Å²) in [5.74, 6) is -3.16. The normalized spacial score (nSPS) is 20.9. The Hall–Kier alpha value is -4.93. The Bertz CT molecular complexity index is 1710. The van der Waals surface area contributed by atoms with Gasteiger partial charge in [-0.25, -0.2) is 9.59 Å². The number of ether oxygens (including phenoxy) is 8. The molecule has 308 valence electrons. The lowest BCUT2D eigenvalue weighted by atomic mass is 9.88. The summed E-state index contributed by atoms with van der Waals surface area (Å²) in [5, 5.41) is 5.75. The number of rotatable bonds is 15. The summed E-state index contributed by atoms with van der Waals surface area (Å²) in [7, 11) is 1.19. The van der Waals surface area contributed by atoms with E-state index in [1.165, 1.54) is 20.1 Å². The van der Waals surface area contributed by atoms with Gasteiger partial charge in [0.2, 0.25) is 0 Å². The van der Waals surface area contributed by atoms with Crippen molar-refractivity contribution in [1.82, 2.24) is 10.6 Å². The molecule has 0 aromatic heterocycles. The van der Waals surface area contributed by atoms with Crippen LogP contribution in [0.25, 0.3) is 0 Å². The van der Waals surface area contributed by atoms with Gasteiger partial charge in [-0.1, -0.05) is 29.8 Å². The molecule has 2 amide bonds. The summed E-state index contributed by atoms with van der Waals surface area (Å²) in [6.07, 6.45) is -7.42. The summed E-state index contributed by atoms with van der Waals surface area (Å²) < 4.78 is 44.9. The summed E-state index contributed by atoms with van der Waals surface area (Å²) >= 11 is 6.86. The lowest BCUT2D eigenvalue weighted by Gasteiger charge is -2.44. The topological polar surface area (TPSA) is 200 Å². The van der Waals surface area contributed by atoms with Gasteiger partial charge in [-0.15, -0.1) is 0 Å². The van der Waals surface area contributed by atoms with Gasteiger partial charge in [0.1, 0.15) is 24.6 Å². The summed E-state index contributed by atoms with van der Waals surface area (Å²) in [6, 6.07) is 8.55. The molecule has 1 fully saturated rings. The van der Waals surface area contributed by atoms with Crippen LogP contribution in [0.5, 0.6) is 5.75 Å². The van der Waals surface area contributed by atoms with Gasteiger partial charge in [0.15, 0.2) is 24.4 Å². The lowest BCUT2D eigenvalue weighted by Crippen LogP contribution is -2.59. The Morgan fingerprint density at radius 3 is 1.95 bits per heavy atom. The third-order valence-corrected chi connectivity index (χ3v) is 8.55. The van der Waals surface area contributed by atoms with Crippen LogP contribution in [-0.2, 0) is 57.1 Å². The van der Waals surface area contributed by atoms with Crippen molar-refractivity contribution in [3.63, 3.8) is 0 Å². The zero-order valence-electron chi connectivity index (χ0n) is 33.2. The molecule has 0 saturated carbocycles. The highest BCUT2D eigenvalue weighted by Gasteiger charge is 2.52. The lowest BCUT2D eigenvalue weighted by molar-refractivity contribution is -0.254. The number of carbonyl (C=O) groups excluding carboxylic acids is 6. The molecule has 1 aliphatic heterocycles. The molecule has 0 spiro atoms. The smallest absolute Gasteiger partial charge is 0.331 e. The number of halogens is 1. The molecule has 3 rings (SSSR count). The van der Waals surface area contributed by atoms with Crippen molar-refractivity contribution in [3.8, 4) is 5.75 Å². The van der Waals surface area contributed by atoms with Gasteiger partial charge in [-0.2, -0.15) is 0 Å². The molecular weight excluding hydrogens is 756 g/mol. The van der Waals surface area contributed by atoms with Gasteiger partial charge in [0.25, 0.3) is 0 Å². The van der Waals surface area contributed by atoms with Crippen molar-refractivity contribution < 1.29 is 66.7 Å². The van der Waals surface area contributed by atoms with Crippen molar-refractivity contribution in [1.29, 1.82) is 0 Å². The van der Waals surface area contributed by atoms with Crippen molar-refractivity contribution in [3.05, 3.63) is 64.2 Å². The predicted octanol–water partition coefficient (Wildman–Crippen LogP) is 4.67. The number of benzene rings is 2. The second kappa shape index (κ2) is 20.3. The average molecular weight is 807 g/mol. The number of hydrogen-bond acceptors (Lipinski definition) is 14. The van der Waals surface area contributed by atoms with E-state index in [4.69, 9.17) is 49.5 Å². The number of hydrogen-bond donors (Lipinski definition) is 2. The molecule has 2 aromatic carbocycles. The van der Waals surface area contributed by atoms with Gasteiger partial charge in [-0.05, 0) is 75.6 Å². The molecule has 0 radical (unpaired) electrons. The largest absolute Gasteiger partial charge is 0.494 e. The van der Waals surface area contributed by atoms with Gasteiger partial charge in [0.05, 0.1) is 31.5 Å². The van der Waals surface area contributed by atoms with Crippen LogP contribution in [0.4, 0.5) is 4.79 Å². The number of urea groups is 1. The molecule has 0 aliphatic carbocycles. The third kappa shape index (κ3) is 13.1. The van der Waals surface area contributed by atoms with Crippen LogP contribution in [-0.4, -0.2) is 98.4 Å². The van der Waals surface area contributed by atoms with E-state index in [1.54, 1.807) is 64.1 Å². The maximum Gasteiger partial charge on any atom is 0.331 e. The van der Waals surface area contributed by atoms with E-state index in [2.05, 4.69) is 10.6 Å². The van der Waals surface area contributed by atoms with Gasteiger partial charge in [0, 0.05) is 32.7 Å². The fourth-order valence-corrected chi connectivity index (χ4v) is 6.38. The first-order chi connectivity index (χ1) is 26.2. The monoisotopic (exact) mass is 806 g/mol. The number of amides is 2. The highest BCUT2D eigenvalue weighted by Crippen LogP contribution is 2.40. The van der Waals surface area contributed by atoms with Gasteiger partial charge >= 0.3 is 35.9 Å². The Morgan fingerprint density at radius 1 is 0.821 bits per heavy atom. The first kappa shape index (κ1) is 45.5. The Morgan fingerprint density at radius 2 is 1.41 bits per heavy atom. The fourth-order valence-electron chi connectivity index (χ4n) is 6.16. The molecule has 1 unspecified atom stereocenters. The Labute approximate surface area is 331 Å². The van der Waals surface area contributed by atoms with E-state index in [9.17, 15) is 28.8 Å². The second-order valence-corrected chi connectivity index (χ2v) is 14.3. The van der Waals surface area contributed by atoms with Gasteiger partial charge < -0.3 is 48.5 Å². The zero-order chi connectivity index (χ0) is 41.9. The molecule has 8 atom stereocenters. The maximum absolute atomic E-state index is 13.8. The minimum Gasteiger partial charge on any atom is -0.494 e. The van der Waals surface area contributed by atoms with Crippen LogP contribution in [0.2, 0.25) is 5.02 Å². The molecule has 16 nitrogen and oxygen atoms in total. The van der Waals surface area contributed by atoms with Crippen LogP contribution < -0.4 is 15.4 Å². The molecule has 2 aromatic rings. The van der Waals surface area contributed by atoms with E-state index in [1.807, 2.05) is 6.92 Å². The molecular formula is C39H51ClN2O14. The van der Waals surface area contributed by atoms with E-state index < -0.39 is 96.8 Å². The minimum atomic E-state index is -1.42. The molecule has 1 heterocycles. The Balaban J connectivity index is 2.19. The van der Waals surface area contributed by atoms with Gasteiger partial charge in [-0.3, -0.25) is 19.2 Å². The zero-order valence-corrected chi connectivity index (χ0v) is 33.9. The molecule has 1 aliphatic rings. The fraction of sp³-hybridized carbons (Fsp3) is 0.538. The second-order valence-electron chi connectivity index (χ2n) is 13.9. The quantitative estimate of drug-likeness (QED) is 0.186. The van der Waals surface area contributed by atoms with Crippen molar-refractivity contribution in [2.45, 2.75) is 117 Å². The number of esters is 5.